The van der Waals surface area contributed by atoms with E-state index in [4.69, 9.17) is 23.2 Å². The Morgan fingerprint density at radius 3 is 2.41 bits per heavy atom. The molecule has 0 saturated heterocycles. The van der Waals surface area contributed by atoms with E-state index in [2.05, 4.69) is 9.82 Å². The molecular weight excluding hydrogens is 345 g/mol. The standard InChI is InChI=1S/C14H17Cl2N3O2S/c1-5-19-14(9(3)10(4)17-19)18-22(20,21)13-6-8(2)11(15)7-12(13)16/h6-7,18H,5H2,1-4H3. The zero-order chi connectivity index (χ0) is 16.7. The van der Waals surface area contributed by atoms with Crippen molar-refractivity contribution in [1.29, 1.82) is 0 Å². The largest absolute Gasteiger partial charge is 0.264 e. The van der Waals surface area contributed by atoms with Gasteiger partial charge in [-0.15, -0.1) is 0 Å². The molecule has 2 aromatic rings. The number of rotatable bonds is 4. The van der Waals surface area contributed by atoms with Gasteiger partial charge in [-0.05, 0) is 45.4 Å². The quantitative estimate of drug-likeness (QED) is 0.896. The van der Waals surface area contributed by atoms with E-state index in [1.165, 1.54) is 12.1 Å². The molecule has 0 aliphatic carbocycles. The van der Waals surface area contributed by atoms with Crippen LogP contribution < -0.4 is 4.72 Å². The average molecular weight is 362 g/mol. The summed E-state index contributed by atoms with van der Waals surface area (Å²) in [5, 5.41) is 4.81. The molecule has 120 valence electrons. The molecule has 22 heavy (non-hydrogen) atoms. The number of anilines is 1. The van der Waals surface area contributed by atoms with Crippen LogP contribution in [0.25, 0.3) is 0 Å². The van der Waals surface area contributed by atoms with E-state index in [0.29, 0.717) is 22.9 Å². The molecule has 1 aromatic carbocycles. The maximum absolute atomic E-state index is 12.6. The molecule has 0 fully saturated rings. The first-order chi connectivity index (χ1) is 10.2. The second kappa shape index (κ2) is 6.10. The van der Waals surface area contributed by atoms with Crippen LogP contribution >= 0.6 is 23.2 Å². The number of nitrogens with one attached hydrogen (secondary N) is 1. The van der Waals surface area contributed by atoms with Gasteiger partial charge in [-0.2, -0.15) is 5.10 Å². The van der Waals surface area contributed by atoms with Gasteiger partial charge in [-0.1, -0.05) is 23.2 Å². The Labute approximate surface area is 140 Å². The first-order valence-electron chi connectivity index (χ1n) is 6.69. The van der Waals surface area contributed by atoms with Gasteiger partial charge in [0.2, 0.25) is 0 Å². The van der Waals surface area contributed by atoms with Gasteiger partial charge in [0.25, 0.3) is 10.0 Å². The maximum atomic E-state index is 12.6. The number of aromatic nitrogens is 2. The molecule has 0 aliphatic rings. The molecule has 1 heterocycles. The van der Waals surface area contributed by atoms with Crippen LogP contribution in [0.1, 0.15) is 23.7 Å². The van der Waals surface area contributed by atoms with Crippen LogP contribution in [0.15, 0.2) is 17.0 Å². The minimum absolute atomic E-state index is 0.00280. The van der Waals surface area contributed by atoms with Crippen LogP contribution in [0, 0.1) is 20.8 Å². The fourth-order valence-corrected chi connectivity index (χ4v) is 4.01. The zero-order valence-electron chi connectivity index (χ0n) is 12.7. The summed E-state index contributed by atoms with van der Waals surface area (Å²) in [5.74, 6) is 0.448. The minimum Gasteiger partial charge on any atom is -0.263 e. The van der Waals surface area contributed by atoms with Crippen molar-refractivity contribution in [3.05, 3.63) is 39.0 Å². The highest BCUT2D eigenvalue weighted by atomic mass is 35.5. The van der Waals surface area contributed by atoms with E-state index in [0.717, 1.165) is 11.3 Å². The average Bonchev–Trinajstić information content (AvgIpc) is 2.70. The van der Waals surface area contributed by atoms with E-state index < -0.39 is 10.0 Å². The normalized spacial score (nSPS) is 11.7. The monoisotopic (exact) mass is 361 g/mol. The summed E-state index contributed by atoms with van der Waals surface area (Å²) >= 11 is 12.0. The number of sulfonamides is 1. The van der Waals surface area contributed by atoms with Crippen LogP contribution in [-0.2, 0) is 16.6 Å². The van der Waals surface area contributed by atoms with Crippen LogP contribution in [0.2, 0.25) is 10.0 Å². The fraction of sp³-hybridized carbons (Fsp3) is 0.357. The summed E-state index contributed by atoms with van der Waals surface area (Å²) in [4.78, 5) is -0.00280. The number of hydrogen-bond donors (Lipinski definition) is 1. The Morgan fingerprint density at radius 2 is 1.82 bits per heavy atom. The van der Waals surface area contributed by atoms with Crippen molar-refractivity contribution in [3.8, 4) is 0 Å². The van der Waals surface area contributed by atoms with Crippen LogP contribution in [0.4, 0.5) is 5.82 Å². The zero-order valence-corrected chi connectivity index (χ0v) is 15.1. The number of halogens is 2. The van der Waals surface area contributed by atoms with Gasteiger partial charge >= 0.3 is 0 Å². The van der Waals surface area contributed by atoms with Crippen molar-refractivity contribution in [1.82, 2.24) is 9.78 Å². The first-order valence-corrected chi connectivity index (χ1v) is 8.93. The molecule has 8 heteroatoms. The van der Waals surface area contributed by atoms with Crippen molar-refractivity contribution < 1.29 is 8.42 Å². The Kier molecular flexibility index (Phi) is 4.75. The highest BCUT2D eigenvalue weighted by molar-refractivity contribution is 7.92. The van der Waals surface area contributed by atoms with Gasteiger partial charge in [-0.25, -0.2) is 13.1 Å². The van der Waals surface area contributed by atoms with Crippen molar-refractivity contribution in [2.24, 2.45) is 0 Å². The van der Waals surface area contributed by atoms with Crippen molar-refractivity contribution in [2.45, 2.75) is 39.1 Å². The highest BCUT2D eigenvalue weighted by Crippen LogP contribution is 2.30. The maximum Gasteiger partial charge on any atom is 0.264 e. The molecule has 1 aromatic heterocycles. The highest BCUT2D eigenvalue weighted by Gasteiger charge is 2.23. The molecule has 0 bridgehead atoms. The summed E-state index contributed by atoms with van der Waals surface area (Å²) in [6, 6.07) is 2.89. The summed E-state index contributed by atoms with van der Waals surface area (Å²) < 4.78 is 29.5. The molecule has 0 amide bonds. The van der Waals surface area contributed by atoms with Gasteiger partial charge in [0.15, 0.2) is 0 Å². The smallest absolute Gasteiger partial charge is 0.263 e. The van der Waals surface area contributed by atoms with E-state index in [1.54, 1.807) is 11.6 Å². The van der Waals surface area contributed by atoms with Gasteiger partial charge in [0.1, 0.15) is 10.7 Å². The molecule has 5 nitrogen and oxygen atoms in total. The molecule has 2 rings (SSSR count). The second-order valence-corrected chi connectivity index (χ2v) is 7.48. The predicted molar refractivity (Wildman–Crippen MR) is 89.4 cm³/mol. The van der Waals surface area contributed by atoms with Gasteiger partial charge < -0.3 is 0 Å². The Morgan fingerprint density at radius 1 is 1.18 bits per heavy atom. The van der Waals surface area contributed by atoms with Crippen LogP contribution in [0.5, 0.6) is 0 Å². The topological polar surface area (TPSA) is 64.0 Å². The third-order valence-electron chi connectivity index (χ3n) is 3.46. The summed E-state index contributed by atoms with van der Waals surface area (Å²) in [7, 11) is -3.83. The number of hydrogen-bond acceptors (Lipinski definition) is 3. The molecule has 0 radical (unpaired) electrons. The van der Waals surface area contributed by atoms with Crippen LogP contribution in [0.3, 0.4) is 0 Å². The molecular formula is C14H17Cl2N3O2S. The lowest BCUT2D eigenvalue weighted by molar-refractivity contribution is 0.598. The number of benzene rings is 1. The summed E-state index contributed by atoms with van der Waals surface area (Å²) in [5.41, 5.74) is 2.20. The predicted octanol–water partition coefficient (Wildman–Crippen LogP) is 3.94. The molecule has 0 atom stereocenters. The van der Waals surface area contributed by atoms with Crippen LogP contribution in [-0.4, -0.2) is 18.2 Å². The van der Waals surface area contributed by atoms with E-state index >= 15 is 0 Å². The molecule has 0 aliphatic heterocycles. The number of nitrogens with zero attached hydrogens (tertiary/aromatic N) is 2. The van der Waals surface area contributed by atoms with Gasteiger partial charge in [0, 0.05) is 17.1 Å². The van der Waals surface area contributed by atoms with E-state index in [9.17, 15) is 8.42 Å². The lowest BCUT2D eigenvalue weighted by atomic mass is 10.2. The Hall–Kier alpha value is -1.24. The third-order valence-corrected chi connectivity index (χ3v) is 5.67. The SMILES string of the molecule is CCn1nc(C)c(C)c1NS(=O)(=O)c1cc(C)c(Cl)cc1Cl. The minimum atomic E-state index is -3.83. The van der Waals surface area contributed by atoms with Crippen molar-refractivity contribution >= 4 is 39.0 Å². The Balaban J connectivity index is 2.52. The lowest BCUT2D eigenvalue weighted by Gasteiger charge is -2.12. The van der Waals surface area contributed by atoms with Gasteiger partial charge in [0.05, 0.1) is 10.7 Å². The van der Waals surface area contributed by atoms with Gasteiger partial charge in [-0.3, -0.25) is 4.72 Å². The van der Waals surface area contributed by atoms with Crippen molar-refractivity contribution in [2.75, 3.05) is 4.72 Å². The molecule has 1 N–H and O–H groups in total. The third kappa shape index (κ3) is 3.09. The molecule has 0 saturated carbocycles. The van der Waals surface area contributed by atoms with E-state index in [-0.39, 0.29) is 9.92 Å². The lowest BCUT2D eigenvalue weighted by Crippen LogP contribution is -2.17. The Bertz CT molecular complexity index is 829. The first kappa shape index (κ1) is 17.1. The van der Waals surface area contributed by atoms with E-state index in [1.807, 2.05) is 20.8 Å². The fourth-order valence-electron chi connectivity index (χ4n) is 2.05. The molecule has 0 unspecified atom stereocenters. The molecule has 0 spiro atoms. The summed E-state index contributed by atoms with van der Waals surface area (Å²) in [6.45, 7) is 7.83. The summed E-state index contributed by atoms with van der Waals surface area (Å²) in [6.07, 6.45) is 0. The van der Waals surface area contributed by atoms with Crippen molar-refractivity contribution in [3.63, 3.8) is 0 Å². The second-order valence-electron chi connectivity index (χ2n) is 5.01. The number of aryl methyl sites for hydroxylation is 3.